The van der Waals surface area contributed by atoms with Crippen molar-refractivity contribution in [2.45, 2.75) is 19.1 Å². The average molecular weight is 348 g/mol. The maximum atomic E-state index is 11.7. The number of likely N-dealkylation sites (N-methyl/N-ethyl adjacent to an activating group) is 1. The number of ether oxygens (including phenoxy) is 2. The van der Waals surface area contributed by atoms with Gasteiger partial charge in [-0.1, -0.05) is 6.07 Å². The SMILES string of the molecule is CNC(=O)CN1CCOC[C@@]2(C1)CN(Cc1cccc(C)n1)CCO2. The summed E-state index contributed by atoms with van der Waals surface area (Å²) in [5.74, 6) is 0.0219. The van der Waals surface area contributed by atoms with E-state index in [0.29, 0.717) is 32.9 Å². The lowest BCUT2D eigenvalue weighted by molar-refractivity contribution is -0.144. The van der Waals surface area contributed by atoms with Gasteiger partial charge in [0.05, 0.1) is 32.1 Å². The first-order chi connectivity index (χ1) is 12.1. The first-order valence-corrected chi connectivity index (χ1v) is 8.88. The second-order valence-electron chi connectivity index (χ2n) is 6.95. The molecule has 2 aliphatic rings. The van der Waals surface area contributed by atoms with Crippen LogP contribution in [-0.4, -0.2) is 85.9 Å². The molecular formula is C18H28N4O3. The third-order valence-electron chi connectivity index (χ3n) is 4.73. The minimum Gasteiger partial charge on any atom is -0.377 e. The molecule has 2 aliphatic heterocycles. The lowest BCUT2D eigenvalue weighted by Crippen LogP contribution is -2.59. The maximum absolute atomic E-state index is 11.7. The van der Waals surface area contributed by atoms with Crippen LogP contribution in [-0.2, 0) is 20.8 Å². The van der Waals surface area contributed by atoms with E-state index in [9.17, 15) is 4.79 Å². The molecule has 1 aromatic heterocycles. The molecule has 3 heterocycles. The molecule has 1 N–H and O–H groups in total. The quantitative estimate of drug-likeness (QED) is 0.829. The number of carbonyl (C=O) groups excluding carboxylic acids is 1. The molecule has 3 rings (SSSR count). The second-order valence-corrected chi connectivity index (χ2v) is 6.95. The van der Waals surface area contributed by atoms with Gasteiger partial charge in [0.2, 0.25) is 5.91 Å². The van der Waals surface area contributed by atoms with E-state index in [-0.39, 0.29) is 11.5 Å². The van der Waals surface area contributed by atoms with Gasteiger partial charge in [-0.3, -0.25) is 19.6 Å². The van der Waals surface area contributed by atoms with Crippen molar-refractivity contribution in [2.75, 3.05) is 59.6 Å². The van der Waals surface area contributed by atoms with Crippen molar-refractivity contribution in [3.63, 3.8) is 0 Å². The number of nitrogens with one attached hydrogen (secondary N) is 1. The molecule has 2 fully saturated rings. The second kappa shape index (κ2) is 8.23. The molecule has 7 nitrogen and oxygen atoms in total. The Morgan fingerprint density at radius 2 is 2.08 bits per heavy atom. The van der Waals surface area contributed by atoms with Gasteiger partial charge >= 0.3 is 0 Å². The first kappa shape index (κ1) is 18.3. The van der Waals surface area contributed by atoms with Crippen molar-refractivity contribution in [2.24, 2.45) is 0 Å². The molecule has 2 saturated heterocycles. The van der Waals surface area contributed by atoms with Crippen molar-refractivity contribution in [3.05, 3.63) is 29.6 Å². The standard InChI is InChI=1S/C18H28N4O3/c1-15-4-3-5-16(20-15)10-21-7-9-25-18(12-21)13-22(6-8-24-14-18)11-17(23)19-2/h3-5H,6-14H2,1-2H3,(H,19,23)/t18-/m0/s1. The zero-order valence-electron chi connectivity index (χ0n) is 15.2. The molecule has 0 saturated carbocycles. The molecular weight excluding hydrogens is 320 g/mol. The largest absolute Gasteiger partial charge is 0.377 e. The monoisotopic (exact) mass is 348 g/mol. The van der Waals surface area contributed by atoms with Gasteiger partial charge in [-0.25, -0.2) is 0 Å². The van der Waals surface area contributed by atoms with Crippen LogP contribution in [0.25, 0.3) is 0 Å². The summed E-state index contributed by atoms with van der Waals surface area (Å²) in [7, 11) is 1.67. The number of rotatable bonds is 4. The summed E-state index contributed by atoms with van der Waals surface area (Å²) in [6.45, 7) is 8.18. The van der Waals surface area contributed by atoms with Crippen LogP contribution in [0.5, 0.6) is 0 Å². The van der Waals surface area contributed by atoms with E-state index in [4.69, 9.17) is 9.47 Å². The number of nitrogens with zero attached hydrogens (tertiary/aromatic N) is 3. The number of aryl methyl sites for hydroxylation is 1. The van der Waals surface area contributed by atoms with Crippen LogP contribution in [0, 0.1) is 6.92 Å². The lowest BCUT2D eigenvalue weighted by atomic mass is 10.0. The van der Waals surface area contributed by atoms with Gasteiger partial charge in [-0.05, 0) is 19.1 Å². The fraction of sp³-hybridized carbons (Fsp3) is 0.667. The molecule has 1 atom stereocenters. The summed E-state index contributed by atoms with van der Waals surface area (Å²) in [5, 5.41) is 2.69. The highest BCUT2D eigenvalue weighted by Gasteiger charge is 2.40. The normalized spacial score (nSPS) is 25.7. The van der Waals surface area contributed by atoms with Crippen LogP contribution >= 0.6 is 0 Å². The molecule has 0 radical (unpaired) electrons. The minimum atomic E-state index is -0.382. The Kier molecular flexibility index (Phi) is 6.01. The van der Waals surface area contributed by atoms with Gasteiger partial charge in [0.1, 0.15) is 5.60 Å². The van der Waals surface area contributed by atoms with Crippen LogP contribution < -0.4 is 5.32 Å². The molecule has 1 spiro atoms. The molecule has 7 heteroatoms. The van der Waals surface area contributed by atoms with E-state index in [2.05, 4.69) is 26.2 Å². The van der Waals surface area contributed by atoms with Gasteiger partial charge in [-0.15, -0.1) is 0 Å². The lowest BCUT2D eigenvalue weighted by Gasteiger charge is -2.43. The topological polar surface area (TPSA) is 66.9 Å². The van der Waals surface area contributed by atoms with Crippen molar-refractivity contribution >= 4 is 5.91 Å². The van der Waals surface area contributed by atoms with Crippen LogP contribution in [0.1, 0.15) is 11.4 Å². The van der Waals surface area contributed by atoms with E-state index in [1.807, 2.05) is 19.1 Å². The summed E-state index contributed by atoms with van der Waals surface area (Å²) in [4.78, 5) is 20.9. The number of carbonyl (C=O) groups is 1. The summed E-state index contributed by atoms with van der Waals surface area (Å²) >= 11 is 0. The van der Waals surface area contributed by atoms with Gasteiger partial charge in [-0.2, -0.15) is 0 Å². The average Bonchev–Trinajstić information content (AvgIpc) is 2.77. The van der Waals surface area contributed by atoms with Crippen molar-refractivity contribution < 1.29 is 14.3 Å². The zero-order valence-corrected chi connectivity index (χ0v) is 15.2. The molecule has 1 aromatic rings. The highest BCUT2D eigenvalue weighted by atomic mass is 16.5. The first-order valence-electron chi connectivity index (χ1n) is 8.88. The Morgan fingerprint density at radius 1 is 1.28 bits per heavy atom. The number of amides is 1. The minimum absolute atomic E-state index is 0.0219. The highest BCUT2D eigenvalue weighted by Crippen LogP contribution is 2.23. The van der Waals surface area contributed by atoms with Crippen molar-refractivity contribution in [1.29, 1.82) is 0 Å². The summed E-state index contributed by atoms with van der Waals surface area (Å²) in [5.41, 5.74) is 1.73. The summed E-state index contributed by atoms with van der Waals surface area (Å²) < 4.78 is 12.0. The molecule has 0 aliphatic carbocycles. The van der Waals surface area contributed by atoms with Crippen LogP contribution in [0.3, 0.4) is 0 Å². The van der Waals surface area contributed by atoms with E-state index >= 15 is 0 Å². The Hall–Kier alpha value is -1.54. The fourth-order valence-electron chi connectivity index (χ4n) is 3.56. The van der Waals surface area contributed by atoms with E-state index < -0.39 is 0 Å². The predicted octanol–water partition coefficient (Wildman–Crippen LogP) is 0.0392. The third-order valence-corrected chi connectivity index (χ3v) is 4.73. The van der Waals surface area contributed by atoms with Crippen LogP contribution in [0.2, 0.25) is 0 Å². The van der Waals surface area contributed by atoms with E-state index in [1.165, 1.54) is 0 Å². The number of pyridine rings is 1. The summed E-state index contributed by atoms with van der Waals surface area (Å²) in [6, 6.07) is 6.13. The molecule has 138 valence electrons. The predicted molar refractivity (Wildman–Crippen MR) is 94.3 cm³/mol. The van der Waals surface area contributed by atoms with Crippen LogP contribution in [0.4, 0.5) is 0 Å². The Morgan fingerprint density at radius 3 is 2.88 bits per heavy atom. The molecule has 0 aromatic carbocycles. The van der Waals surface area contributed by atoms with E-state index in [0.717, 1.165) is 37.6 Å². The van der Waals surface area contributed by atoms with Gasteiger partial charge in [0.25, 0.3) is 0 Å². The fourth-order valence-corrected chi connectivity index (χ4v) is 3.56. The van der Waals surface area contributed by atoms with Crippen LogP contribution in [0.15, 0.2) is 18.2 Å². The van der Waals surface area contributed by atoms with Crippen molar-refractivity contribution in [1.82, 2.24) is 20.1 Å². The Labute approximate surface area is 149 Å². The number of aromatic nitrogens is 1. The Balaban J connectivity index is 1.66. The highest BCUT2D eigenvalue weighted by molar-refractivity contribution is 5.77. The summed E-state index contributed by atoms with van der Waals surface area (Å²) in [6.07, 6.45) is 0. The molecule has 0 bridgehead atoms. The number of hydrogen-bond donors (Lipinski definition) is 1. The number of hydrogen-bond acceptors (Lipinski definition) is 6. The Bertz CT molecular complexity index is 597. The number of morpholine rings is 1. The smallest absolute Gasteiger partial charge is 0.233 e. The zero-order chi connectivity index (χ0) is 17.7. The van der Waals surface area contributed by atoms with Gasteiger partial charge in [0, 0.05) is 45.5 Å². The molecule has 1 amide bonds. The third kappa shape index (κ3) is 4.98. The van der Waals surface area contributed by atoms with Gasteiger partial charge < -0.3 is 14.8 Å². The van der Waals surface area contributed by atoms with Gasteiger partial charge in [0.15, 0.2) is 0 Å². The maximum Gasteiger partial charge on any atom is 0.233 e. The van der Waals surface area contributed by atoms with E-state index in [1.54, 1.807) is 7.05 Å². The molecule has 25 heavy (non-hydrogen) atoms. The van der Waals surface area contributed by atoms with Crippen molar-refractivity contribution in [3.8, 4) is 0 Å². The molecule has 0 unspecified atom stereocenters.